The second-order valence-electron chi connectivity index (χ2n) is 1.91. The quantitative estimate of drug-likeness (QED) is 0.506. The third-order valence-corrected chi connectivity index (χ3v) is 1.23. The zero-order valence-corrected chi connectivity index (χ0v) is 5.13. The van der Waals surface area contributed by atoms with Gasteiger partial charge < -0.3 is 0 Å². The third kappa shape index (κ3) is 1.17. The maximum absolute atomic E-state index is 10.8. The fraction of sp³-hybridized carbons (Fsp3) is 0.125. The van der Waals surface area contributed by atoms with E-state index in [1.165, 1.54) is 0 Å². The smallest absolute Gasteiger partial charge is 0.182 e. The van der Waals surface area contributed by atoms with Crippen LogP contribution in [0.5, 0.6) is 0 Å². The van der Waals surface area contributed by atoms with E-state index in [2.05, 4.69) is 6.58 Å². The van der Waals surface area contributed by atoms with Crippen LogP contribution in [0.1, 0.15) is 6.42 Å². The molecule has 1 nitrogen and oxygen atoms in total. The Hall–Kier alpha value is -1.11. The van der Waals surface area contributed by atoms with Crippen LogP contribution in [-0.4, -0.2) is 5.78 Å². The number of rotatable bonds is 2. The van der Waals surface area contributed by atoms with Gasteiger partial charge in [-0.15, -0.1) is 6.58 Å². The van der Waals surface area contributed by atoms with Crippen LogP contribution in [0, 0.1) is 0 Å². The average Bonchev–Trinajstić information content (AvgIpc) is 2.18. The molecule has 0 aromatic rings. The number of carbonyl (C=O) groups excluding carboxylic acids is 1. The van der Waals surface area contributed by atoms with E-state index < -0.39 is 0 Å². The lowest BCUT2D eigenvalue weighted by atomic mass is 10.1. The van der Waals surface area contributed by atoms with E-state index in [0.717, 1.165) is 5.57 Å². The topological polar surface area (TPSA) is 17.1 Å². The molecule has 1 aliphatic carbocycles. The standard InChI is InChI=1S/C8H8O/c1-2-4-7-5-3-6-8(7)9/h2-3,5-6H,1,4H2. The Bertz CT molecular complexity index is 197. The highest BCUT2D eigenvalue weighted by molar-refractivity contribution is 6.06. The van der Waals surface area contributed by atoms with Gasteiger partial charge in [0.1, 0.15) is 0 Å². The molecule has 0 aliphatic heterocycles. The summed E-state index contributed by atoms with van der Waals surface area (Å²) in [5, 5.41) is 0. The van der Waals surface area contributed by atoms with E-state index in [-0.39, 0.29) is 5.78 Å². The van der Waals surface area contributed by atoms with E-state index in [4.69, 9.17) is 0 Å². The van der Waals surface area contributed by atoms with Gasteiger partial charge in [0, 0.05) is 5.57 Å². The predicted octanol–water partition coefficient (Wildman–Crippen LogP) is 1.63. The van der Waals surface area contributed by atoms with Crippen molar-refractivity contribution in [2.45, 2.75) is 6.42 Å². The Balaban J connectivity index is 2.64. The minimum atomic E-state index is 0.120. The van der Waals surface area contributed by atoms with Crippen molar-refractivity contribution in [2.75, 3.05) is 0 Å². The summed E-state index contributed by atoms with van der Waals surface area (Å²) >= 11 is 0. The van der Waals surface area contributed by atoms with Crippen LogP contribution in [-0.2, 0) is 4.79 Å². The Kier molecular flexibility index (Phi) is 1.63. The summed E-state index contributed by atoms with van der Waals surface area (Å²) in [6.45, 7) is 3.54. The van der Waals surface area contributed by atoms with Crippen LogP contribution in [0.3, 0.4) is 0 Å². The summed E-state index contributed by atoms with van der Waals surface area (Å²) < 4.78 is 0. The van der Waals surface area contributed by atoms with Crippen molar-refractivity contribution in [3.63, 3.8) is 0 Å². The number of ketones is 1. The highest BCUT2D eigenvalue weighted by Crippen LogP contribution is 2.09. The van der Waals surface area contributed by atoms with Crippen LogP contribution < -0.4 is 0 Å². The summed E-state index contributed by atoms with van der Waals surface area (Å²) in [6.07, 6.45) is 7.58. The van der Waals surface area contributed by atoms with E-state index >= 15 is 0 Å². The molecule has 0 aromatic heterocycles. The van der Waals surface area contributed by atoms with Gasteiger partial charge in [-0.05, 0) is 12.5 Å². The lowest BCUT2D eigenvalue weighted by Gasteiger charge is -1.89. The largest absolute Gasteiger partial charge is 0.290 e. The zero-order chi connectivity index (χ0) is 6.69. The van der Waals surface area contributed by atoms with Gasteiger partial charge >= 0.3 is 0 Å². The first-order valence-electron chi connectivity index (χ1n) is 2.87. The van der Waals surface area contributed by atoms with Gasteiger partial charge in [-0.2, -0.15) is 0 Å². The molecule has 0 fully saturated rings. The van der Waals surface area contributed by atoms with Crippen LogP contribution in [0.25, 0.3) is 0 Å². The monoisotopic (exact) mass is 120 g/mol. The summed E-state index contributed by atoms with van der Waals surface area (Å²) in [4.78, 5) is 10.8. The number of allylic oxidation sites excluding steroid dienone is 5. The second-order valence-corrected chi connectivity index (χ2v) is 1.91. The van der Waals surface area contributed by atoms with Gasteiger partial charge in [-0.3, -0.25) is 4.79 Å². The molecular weight excluding hydrogens is 112 g/mol. The third-order valence-electron chi connectivity index (χ3n) is 1.23. The van der Waals surface area contributed by atoms with Gasteiger partial charge in [-0.1, -0.05) is 18.2 Å². The first-order chi connectivity index (χ1) is 4.34. The summed E-state index contributed by atoms with van der Waals surface area (Å²) in [5.74, 6) is 0.120. The Morgan fingerprint density at radius 3 is 2.89 bits per heavy atom. The summed E-state index contributed by atoms with van der Waals surface area (Å²) in [6, 6.07) is 0. The van der Waals surface area contributed by atoms with Crippen molar-refractivity contribution in [3.05, 3.63) is 36.5 Å². The minimum absolute atomic E-state index is 0.120. The van der Waals surface area contributed by atoms with Crippen molar-refractivity contribution in [1.29, 1.82) is 0 Å². The lowest BCUT2D eigenvalue weighted by Crippen LogP contribution is -1.91. The first kappa shape index (κ1) is 6.02. The molecule has 0 saturated heterocycles. The Labute approximate surface area is 54.4 Å². The molecule has 0 atom stereocenters. The molecule has 0 N–H and O–H groups in total. The fourth-order valence-electron chi connectivity index (χ4n) is 0.765. The van der Waals surface area contributed by atoms with Crippen molar-refractivity contribution in [2.24, 2.45) is 0 Å². The normalized spacial score (nSPS) is 16.0. The molecule has 0 unspecified atom stereocenters. The van der Waals surface area contributed by atoms with Crippen LogP contribution >= 0.6 is 0 Å². The molecule has 1 aliphatic rings. The lowest BCUT2D eigenvalue weighted by molar-refractivity contribution is -0.111. The molecule has 0 saturated carbocycles. The summed E-state index contributed by atoms with van der Waals surface area (Å²) in [7, 11) is 0. The molecule has 0 aromatic carbocycles. The molecule has 46 valence electrons. The molecule has 0 heterocycles. The molecular formula is C8H8O. The van der Waals surface area contributed by atoms with Crippen LogP contribution in [0.15, 0.2) is 36.5 Å². The SMILES string of the molecule is C=CCC1=CC=CC1=O. The van der Waals surface area contributed by atoms with Gasteiger partial charge in [0.2, 0.25) is 0 Å². The Morgan fingerprint density at radius 2 is 2.44 bits per heavy atom. The number of carbonyl (C=O) groups is 1. The maximum atomic E-state index is 10.8. The maximum Gasteiger partial charge on any atom is 0.182 e. The van der Waals surface area contributed by atoms with E-state index in [1.54, 1.807) is 18.2 Å². The average molecular weight is 120 g/mol. The molecule has 0 amide bonds. The minimum Gasteiger partial charge on any atom is -0.290 e. The molecule has 1 rings (SSSR count). The molecule has 9 heavy (non-hydrogen) atoms. The van der Waals surface area contributed by atoms with E-state index in [0.29, 0.717) is 6.42 Å². The number of hydrogen-bond acceptors (Lipinski definition) is 1. The van der Waals surface area contributed by atoms with Gasteiger partial charge in [0.15, 0.2) is 5.78 Å². The molecule has 0 radical (unpaired) electrons. The summed E-state index contributed by atoms with van der Waals surface area (Å²) in [5.41, 5.74) is 0.838. The molecule has 1 heteroatoms. The zero-order valence-electron chi connectivity index (χ0n) is 5.13. The van der Waals surface area contributed by atoms with Crippen molar-refractivity contribution < 1.29 is 4.79 Å². The molecule has 0 spiro atoms. The van der Waals surface area contributed by atoms with E-state index in [9.17, 15) is 4.79 Å². The highest BCUT2D eigenvalue weighted by Gasteiger charge is 2.06. The van der Waals surface area contributed by atoms with Crippen molar-refractivity contribution >= 4 is 5.78 Å². The van der Waals surface area contributed by atoms with Crippen molar-refractivity contribution in [3.8, 4) is 0 Å². The van der Waals surface area contributed by atoms with E-state index in [1.807, 2.05) is 6.08 Å². The molecule has 0 bridgehead atoms. The van der Waals surface area contributed by atoms with Gasteiger partial charge in [0.05, 0.1) is 0 Å². The fourth-order valence-corrected chi connectivity index (χ4v) is 0.765. The van der Waals surface area contributed by atoms with Crippen molar-refractivity contribution in [1.82, 2.24) is 0 Å². The first-order valence-corrected chi connectivity index (χ1v) is 2.87. The Morgan fingerprint density at radius 1 is 1.67 bits per heavy atom. The van der Waals surface area contributed by atoms with Gasteiger partial charge in [0.25, 0.3) is 0 Å². The van der Waals surface area contributed by atoms with Crippen LogP contribution in [0.2, 0.25) is 0 Å². The second kappa shape index (κ2) is 2.44. The highest BCUT2D eigenvalue weighted by atomic mass is 16.1. The van der Waals surface area contributed by atoms with Crippen LogP contribution in [0.4, 0.5) is 0 Å². The predicted molar refractivity (Wildman–Crippen MR) is 37.0 cm³/mol. The number of hydrogen-bond donors (Lipinski definition) is 0. The van der Waals surface area contributed by atoms with Gasteiger partial charge in [-0.25, -0.2) is 0 Å².